The van der Waals surface area contributed by atoms with Crippen molar-refractivity contribution in [3.63, 3.8) is 0 Å². The first kappa shape index (κ1) is 22.2. The highest BCUT2D eigenvalue weighted by Gasteiger charge is 2.22. The van der Waals surface area contributed by atoms with Gasteiger partial charge in [-0.2, -0.15) is 0 Å². The van der Waals surface area contributed by atoms with Gasteiger partial charge in [-0.25, -0.2) is 9.37 Å². The van der Waals surface area contributed by atoms with Gasteiger partial charge in [-0.15, -0.1) is 10.2 Å². The van der Waals surface area contributed by atoms with Crippen LogP contribution in [0, 0.1) is 12.7 Å². The quantitative estimate of drug-likeness (QED) is 0.375. The summed E-state index contributed by atoms with van der Waals surface area (Å²) in [5, 5.41) is 11.3. The van der Waals surface area contributed by atoms with Gasteiger partial charge in [0.1, 0.15) is 17.7 Å². The maximum Gasteiger partial charge on any atom is 0.252 e. The molecule has 2 aromatic heterocycles. The van der Waals surface area contributed by atoms with Crippen molar-refractivity contribution in [1.29, 1.82) is 0 Å². The molecule has 0 aliphatic rings. The van der Waals surface area contributed by atoms with E-state index in [1.807, 2.05) is 38.2 Å². The van der Waals surface area contributed by atoms with Crippen LogP contribution in [-0.4, -0.2) is 25.7 Å². The van der Waals surface area contributed by atoms with Crippen molar-refractivity contribution in [3.8, 4) is 22.9 Å². The molecule has 7 nitrogen and oxygen atoms in total. The number of nitrogens with zero attached hydrogens (tertiary/aromatic N) is 4. The molecule has 35 heavy (non-hydrogen) atoms. The fourth-order valence-electron chi connectivity index (χ4n) is 3.85. The summed E-state index contributed by atoms with van der Waals surface area (Å²) < 4.78 is 21.5. The Morgan fingerprint density at radius 2 is 1.71 bits per heavy atom. The normalized spacial score (nSPS) is 11.9. The molecular formula is C27H22FN5O2. The first-order valence-electron chi connectivity index (χ1n) is 11.0. The monoisotopic (exact) mass is 467 g/mol. The van der Waals surface area contributed by atoms with Crippen molar-refractivity contribution < 1.29 is 13.6 Å². The second-order valence-corrected chi connectivity index (χ2v) is 8.22. The van der Waals surface area contributed by atoms with Crippen molar-refractivity contribution >= 4 is 5.91 Å². The maximum absolute atomic E-state index is 13.9. The minimum atomic E-state index is -0.620. The Labute approximate surface area is 201 Å². The molecule has 1 unspecified atom stereocenters. The van der Waals surface area contributed by atoms with E-state index in [4.69, 9.17) is 4.42 Å². The zero-order chi connectivity index (χ0) is 24.4. The molecule has 1 amide bonds. The van der Waals surface area contributed by atoms with Gasteiger partial charge in [-0.1, -0.05) is 29.8 Å². The van der Waals surface area contributed by atoms with Gasteiger partial charge in [-0.05, 0) is 61.0 Å². The van der Waals surface area contributed by atoms with E-state index in [1.165, 1.54) is 12.1 Å². The molecule has 5 aromatic rings. The van der Waals surface area contributed by atoms with Crippen molar-refractivity contribution in [2.24, 2.45) is 7.05 Å². The highest BCUT2D eigenvalue weighted by Crippen LogP contribution is 2.26. The smallest absolute Gasteiger partial charge is 0.252 e. The number of rotatable bonds is 6. The lowest BCUT2D eigenvalue weighted by Crippen LogP contribution is -2.31. The molecule has 0 bridgehead atoms. The first-order chi connectivity index (χ1) is 17.0. The second kappa shape index (κ2) is 9.34. The lowest BCUT2D eigenvalue weighted by Gasteiger charge is -2.19. The van der Waals surface area contributed by atoms with Crippen LogP contribution in [0.25, 0.3) is 22.9 Å². The van der Waals surface area contributed by atoms with Crippen LogP contribution in [0.3, 0.4) is 0 Å². The Bertz CT molecular complexity index is 1490. The van der Waals surface area contributed by atoms with Crippen LogP contribution in [0.1, 0.15) is 33.4 Å². The van der Waals surface area contributed by atoms with Crippen LogP contribution < -0.4 is 5.32 Å². The van der Waals surface area contributed by atoms with E-state index in [0.717, 1.165) is 11.1 Å². The molecule has 0 spiro atoms. The van der Waals surface area contributed by atoms with Gasteiger partial charge >= 0.3 is 0 Å². The van der Waals surface area contributed by atoms with E-state index in [9.17, 15) is 9.18 Å². The fraction of sp³-hybridized carbons (Fsp3) is 0.111. The van der Waals surface area contributed by atoms with E-state index < -0.39 is 6.04 Å². The van der Waals surface area contributed by atoms with Gasteiger partial charge in [0.25, 0.3) is 5.91 Å². The van der Waals surface area contributed by atoms with Gasteiger partial charge < -0.3 is 14.3 Å². The molecule has 0 fully saturated rings. The third kappa shape index (κ3) is 4.72. The maximum atomic E-state index is 13.9. The summed E-state index contributed by atoms with van der Waals surface area (Å²) in [6.07, 6.45) is 3.41. The topological polar surface area (TPSA) is 85.8 Å². The van der Waals surface area contributed by atoms with Gasteiger partial charge in [0.15, 0.2) is 0 Å². The summed E-state index contributed by atoms with van der Waals surface area (Å²) in [4.78, 5) is 17.4. The first-order valence-corrected chi connectivity index (χ1v) is 11.0. The SMILES string of the molecule is Cc1cccc(-c2nnc(-c3ccc(C(=O)NC(c4cccc(F)c4)c4nccn4C)cc3)o2)c1. The number of hydrogen-bond donors (Lipinski definition) is 1. The van der Waals surface area contributed by atoms with E-state index in [0.29, 0.717) is 34.3 Å². The van der Waals surface area contributed by atoms with Crippen LogP contribution in [0.15, 0.2) is 89.6 Å². The number of imidazole rings is 1. The summed E-state index contributed by atoms with van der Waals surface area (Å²) in [5.74, 6) is 0.678. The Morgan fingerprint density at radius 3 is 2.40 bits per heavy atom. The Kier molecular flexibility index (Phi) is 5.93. The molecule has 5 rings (SSSR count). The summed E-state index contributed by atoms with van der Waals surface area (Å²) in [6, 6.07) is 20.2. The van der Waals surface area contributed by atoms with E-state index in [2.05, 4.69) is 20.5 Å². The van der Waals surface area contributed by atoms with Gasteiger partial charge in [-0.3, -0.25) is 4.79 Å². The molecule has 3 aromatic carbocycles. The van der Waals surface area contributed by atoms with Gasteiger partial charge in [0.2, 0.25) is 11.8 Å². The third-order valence-corrected chi connectivity index (χ3v) is 5.66. The predicted molar refractivity (Wildman–Crippen MR) is 129 cm³/mol. The van der Waals surface area contributed by atoms with Crippen LogP contribution in [0.2, 0.25) is 0 Å². The molecule has 0 aliphatic heterocycles. The van der Waals surface area contributed by atoms with E-state index >= 15 is 0 Å². The number of carbonyl (C=O) groups is 1. The van der Waals surface area contributed by atoms with Crippen LogP contribution in [-0.2, 0) is 7.05 Å². The molecule has 0 saturated carbocycles. The summed E-state index contributed by atoms with van der Waals surface area (Å²) in [7, 11) is 1.82. The fourth-order valence-corrected chi connectivity index (χ4v) is 3.85. The Hall–Kier alpha value is -4.59. The predicted octanol–water partition coefficient (Wildman–Crippen LogP) is 5.10. The lowest BCUT2D eigenvalue weighted by molar-refractivity contribution is 0.0941. The Morgan fingerprint density at radius 1 is 0.971 bits per heavy atom. The van der Waals surface area contributed by atoms with Crippen molar-refractivity contribution in [3.05, 3.63) is 114 Å². The van der Waals surface area contributed by atoms with Crippen LogP contribution >= 0.6 is 0 Å². The number of aromatic nitrogens is 4. The van der Waals surface area contributed by atoms with Crippen molar-refractivity contribution in [1.82, 2.24) is 25.1 Å². The lowest BCUT2D eigenvalue weighted by atomic mass is 10.0. The third-order valence-electron chi connectivity index (χ3n) is 5.66. The largest absolute Gasteiger partial charge is 0.416 e. The van der Waals surface area contributed by atoms with E-state index in [1.54, 1.807) is 53.4 Å². The number of halogens is 1. The average molecular weight is 468 g/mol. The highest BCUT2D eigenvalue weighted by atomic mass is 19.1. The number of hydrogen-bond acceptors (Lipinski definition) is 5. The molecule has 8 heteroatoms. The minimum Gasteiger partial charge on any atom is -0.416 e. The minimum absolute atomic E-state index is 0.320. The molecule has 1 N–H and O–H groups in total. The van der Waals surface area contributed by atoms with Crippen LogP contribution in [0.5, 0.6) is 0 Å². The molecular weight excluding hydrogens is 445 g/mol. The Balaban J connectivity index is 1.37. The van der Waals surface area contributed by atoms with Crippen molar-refractivity contribution in [2.75, 3.05) is 0 Å². The molecule has 0 aliphatic carbocycles. The molecule has 0 saturated heterocycles. The van der Waals surface area contributed by atoms with E-state index in [-0.39, 0.29) is 11.7 Å². The highest BCUT2D eigenvalue weighted by molar-refractivity contribution is 5.95. The van der Waals surface area contributed by atoms with Crippen LogP contribution in [0.4, 0.5) is 4.39 Å². The molecule has 1 atom stereocenters. The number of benzene rings is 3. The summed E-state index contributed by atoms with van der Waals surface area (Å²) in [6.45, 7) is 2.00. The zero-order valence-corrected chi connectivity index (χ0v) is 19.1. The van der Waals surface area contributed by atoms with Gasteiger partial charge in [0.05, 0.1) is 0 Å². The second-order valence-electron chi connectivity index (χ2n) is 8.22. The molecule has 174 valence electrons. The standard InChI is InChI=1S/C27H22FN5O2/c1-17-5-3-7-21(15-17)27-32-31-26(35-27)19-11-9-18(10-12-19)25(34)30-23(24-29-13-14-33(24)2)20-6-4-8-22(28)16-20/h3-16,23H,1-2H3,(H,30,34). The summed E-state index contributed by atoms with van der Waals surface area (Å²) >= 11 is 0. The molecule has 0 radical (unpaired) electrons. The summed E-state index contributed by atoms with van der Waals surface area (Å²) in [5.41, 5.74) is 3.66. The zero-order valence-electron chi connectivity index (χ0n) is 19.1. The molecule has 2 heterocycles. The van der Waals surface area contributed by atoms with Crippen molar-refractivity contribution in [2.45, 2.75) is 13.0 Å². The number of aryl methyl sites for hydroxylation is 2. The number of carbonyl (C=O) groups excluding carboxylic acids is 1. The van der Waals surface area contributed by atoms with Gasteiger partial charge in [0, 0.05) is 36.1 Å². The number of nitrogens with one attached hydrogen (secondary N) is 1. The number of amides is 1. The average Bonchev–Trinajstić information content (AvgIpc) is 3.52.